The van der Waals surface area contributed by atoms with Crippen LogP contribution in [0.1, 0.15) is 25.6 Å². The summed E-state index contributed by atoms with van der Waals surface area (Å²) in [6.45, 7) is 2.92. The summed E-state index contributed by atoms with van der Waals surface area (Å²) >= 11 is 0. The number of hydrogen-bond acceptors (Lipinski definition) is 7. The number of aromatic nitrogens is 4. The van der Waals surface area contributed by atoms with Crippen molar-refractivity contribution in [2.75, 3.05) is 12.3 Å². The van der Waals surface area contributed by atoms with Crippen LogP contribution in [0.3, 0.4) is 0 Å². The van der Waals surface area contributed by atoms with E-state index in [-0.39, 0.29) is 12.4 Å². The van der Waals surface area contributed by atoms with Crippen molar-refractivity contribution in [3.8, 4) is 11.5 Å². The predicted octanol–water partition coefficient (Wildman–Crippen LogP) is 1.76. The van der Waals surface area contributed by atoms with Gasteiger partial charge in [0.05, 0.1) is 30.2 Å². The molecule has 9 heteroatoms. The van der Waals surface area contributed by atoms with Crippen molar-refractivity contribution in [3.05, 3.63) is 30.5 Å². The molecule has 4 heterocycles. The summed E-state index contributed by atoms with van der Waals surface area (Å²) in [6.07, 6.45) is 2.71. The van der Waals surface area contributed by atoms with Crippen LogP contribution in [-0.4, -0.2) is 43.1 Å². The zero-order chi connectivity index (χ0) is 17.8. The summed E-state index contributed by atoms with van der Waals surface area (Å²) in [7, 11) is 0. The van der Waals surface area contributed by atoms with Crippen LogP contribution in [0.2, 0.25) is 0 Å². The molecule has 3 aromatic heterocycles. The van der Waals surface area contributed by atoms with E-state index in [0.717, 1.165) is 0 Å². The summed E-state index contributed by atoms with van der Waals surface area (Å²) in [5, 5.41) is 13.7. The van der Waals surface area contributed by atoms with E-state index in [4.69, 9.17) is 14.9 Å². The van der Waals surface area contributed by atoms with Crippen molar-refractivity contribution in [1.82, 2.24) is 19.6 Å². The average molecular weight is 347 g/mol. The van der Waals surface area contributed by atoms with E-state index in [2.05, 4.69) is 15.1 Å². The average Bonchev–Trinajstić information content (AvgIpc) is 3.27. The molecule has 0 unspecified atom stereocenters. The number of nitrogens with zero attached hydrogens (tertiary/aromatic N) is 4. The molecule has 0 aliphatic carbocycles. The van der Waals surface area contributed by atoms with Gasteiger partial charge in [0.2, 0.25) is 5.89 Å². The van der Waals surface area contributed by atoms with Crippen LogP contribution in [0, 0.1) is 5.92 Å². The minimum atomic E-state index is -1.70. The normalized spacial score (nSPS) is 29.5. The van der Waals surface area contributed by atoms with Crippen LogP contribution >= 0.6 is 0 Å². The zero-order valence-corrected chi connectivity index (χ0v) is 13.8. The van der Waals surface area contributed by atoms with Crippen molar-refractivity contribution in [2.24, 2.45) is 5.92 Å². The van der Waals surface area contributed by atoms with Crippen LogP contribution in [0.15, 0.2) is 29.3 Å². The smallest absolute Gasteiger partial charge is 0.228 e. The van der Waals surface area contributed by atoms with Crippen molar-refractivity contribution in [1.29, 1.82) is 0 Å². The molecule has 0 spiro atoms. The third kappa shape index (κ3) is 2.23. The zero-order valence-electron chi connectivity index (χ0n) is 13.8. The van der Waals surface area contributed by atoms with E-state index in [1.54, 1.807) is 13.0 Å². The first-order chi connectivity index (χ1) is 11.9. The Hall–Kier alpha value is -2.52. The molecule has 25 heavy (non-hydrogen) atoms. The van der Waals surface area contributed by atoms with E-state index < -0.39 is 23.8 Å². The highest BCUT2D eigenvalue weighted by Crippen LogP contribution is 2.49. The van der Waals surface area contributed by atoms with Gasteiger partial charge in [-0.05, 0) is 13.0 Å². The Morgan fingerprint density at radius 2 is 2.24 bits per heavy atom. The van der Waals surface area contributed by atoms with E-state index in [9.17, 15) is 5.11 Å². The number of aliphatic hydroxyl groups is 1. The molecule has 1 saturated heterocycles. The van der Waals surface area contributed by atoms with Crippen molar-refractivity contribution < 1.29 is 18.7 Å². The van der Waals surface area contributed by atoms with E-state index in [1.807, 2.05) is 0 Å². The molecule has 1 aliphatic heterocycles. The topological polar surface area (TPSA) is 112 Å². The van der Waals surface area contributed by atoms with Crippen LogP contribution in [0.4, 0.5) is 10.2 Å². The predicted molar refractivity (Wildman–Crippen MR) is 86.3 cm³/mol. The maximum absolute atomic E-state index is 15.4. The van der Waals surface area contributed by atoms with Gasteiger partial charge in [-0.25, -0.2) is 18.9 Å². The fourth-order valence-electron chi connectivity index (χ4n) is 3.39. The highest BCUT2D eigenvalue weighted by molar-refractivity contribution is 5.85. The molecule has 3 aromatic rings. The second-order valence-corrected chi connectivity index (χ2v) is 6.40. The molecular weight excluding hydrogens is 329 g/mol. The standard InChI is InChI=1S/C16H18FN5O3/c1-8-11(6-23)25-13(16(8,2)17)10-5-9(15-19-3-4-24-15)12-14(18)20-7-21-22(10)12/h3-5,7-8,11,13,23H,6H2,1-2H3,(H2,18,20,21)/t8-,11-,13+,16-/m1/s1. The molecule has 0 bridgehead atoms. The molecular formula is C16H18FN5O3. The van der Waals surface area contributed by atoms with Gasteiger partial charge in [-0.1, -0.05) is 6.92 Å². The van der Waals surface area contributed by atoms with Gasteiger partial charge >= 0.3 is 0 Å². The highest BCUT2D eigenvalue weighted by Gasteiger charge is 2.53. The lowest BCUT2D eigenvalue weighted by molar-refractivity contribution is -0.0200. The molecule has 0 saturated carbocycles. The summed E-state index contributed by atoms with van der Waals surface area (Å²) in [5.41, 5.74) is 5.80. The first kappa shape index (κ1) is 16.0. The number of rotatable bonds is 3. The first-order valence-corrected chi connectivity index (χ1v) is 7.92. The molecule has 8 nitrogen and oxygen atoms in total. The maximum Gasteiger partial charge on any atom is 0.228 e. The third-order valence-electron chi connectivity index (χ3n) is 4.99. The fourth-order valence-corrected chi connectivity index (χ4v) is 3.39. The van der Waals surface area contributed by atoms with E-state index in [0.29, 0.717) is 22.7 Å². The highest BCUT2D eigenvalue weighted by atomic mass is 19.1. The van der Waals surface area contributed by atoms with Crippen molar-refractivity contribution in [2.45, 2.75) is 31.7 Å². The minimum absolute atomic E-state index is 0.222. The van der Waals surface area contributed by atoms with Gasteiger partial charge in [-0.15, -0.1) is 0 Å². The third-order valence-corrected chi connectivity index (χ3v) is 4.99. The number of nitrogen functional groups attached to an aromatic ring is 1. The number of ether oxygens (including phenoxy) is 1. The molecule has 4 rings (SSSR count). The van der Waals surface area contributed by atoms with Gasteiger partial charge in [0, 0.05) is 5.92 Å². The number of alkyl halides is 1. The second kappa shape index (κ2) is 5.50. The lowest BCUT2D eigenvalue weighted by Crippen LogP contribution is -2.32. The number of halogens is 1. The van der Waals surface area contributed by atoms with Gasteiger partial charge in [0.1, 0.15) is 29.9 Å². The Morgan fingerprint density at radius 1 is 1.44 bits per heavy atom. The van der Waals surface area contributed by atoms with Crippen LogP contribution in [0.5, 0.6) is 0 Å². The number of aliphatic hydroxyl groups excluding tert-OH is 1. The molecule has 0 radical (unpaired) electrons. The van der Waals surface area contributed by atoms with Crippen LogP contribution in [-0.2, 0) is 4.74 Å². The van der Waals surface area contributed by atoms with Gasteiger partial charge in [0.15, 0.2) is 5.82 Å². The largest absolute Gasteiger partial charge is 0.444 e. The SMILES string of the molecule is C[C@@H]1[C@@H](CO)O[C@@H](c2cc(-c3ncco3)c3c(N)ncnn23)[C@]1(C)F. The monoisotopic (exact) mass is 347 g/mol. The van der Waals surface area contributed by atoms with Gasteiger partial charge in [-0.2, -0.15) is 5.10 Å². The van der Waals surface area contributed by atoms with Gasteiger partial charge in [0.25, 0.3) is 0 Å². The fraction of sp³-hybridized carbons (Fsp3) is 0.438. The molecule has 4 atom stereocenters. The number of fused-ring (bicyclic) bond motifs is 1. The van der Waals surface area contributed by atoms with E-state index in [1.165, 1.54) is 30.2 Å². The van der Waals surface area contributed by atoms with Gasteiger partial charge < -0.3 is 20.0 Å². The van der Waals surface area contributed by atoms with Gasteiger partial charge in [-0.3, -0.25) is 0 Å². The van der Waals surface area contributed by atoms with Crippen LogP contribution < -0.4 is 5.73 Å². The number of anilines is 1. The Morgan fingerprint density at radius 3 is 2.88 bits per heavy atom. The molecule has 1 aliphatic rings. The molecule has 0 aromatic carbocycles. The summed E-state index contributed by atoms with van der Waals surface area (Å²) in [4.78, 5) is 8.14. The molecule has 3 N–H and O–H groups in total. The Bertz CT molecular complexity index is 908. The first-order valence-electron chi connectivity index (χ1n) is 7.92. The Balaban J connectivity index is 1.93. The molecule has 0 amide bonds. The Labute approximate surface area is 142 Å². The number of hydrogen-bond donors (Lipinski definition) is 2. The second-order valence-electron chi connectivity index (χ2n) is 6.40. The quantitative estimate of drug-likeness (QED) is 0.742. The number of oxazole rings is 1. The van der Waals surface area contributed by atoms with Crippen molar-refractivity contribution in [3.63, 3.8) is 0 Å². The lowest BCUT2D eigenvalue weighted by atomic mass is 9.86. The Kier molecular flexibility index (Phi) is 3.51. The summed E-state index contributed by atoms with van der Waals surface area (Å²) < 4.78 is 28.1. The van der Waals surface area contributed by atoms with Crippen LogP contribution in [0.25, 0.3) is 17.0 Å². The van der Waals surface area contributed by atoms with E-state index >= 15 is 4.39 Å². The number of nitrogens with two attached hydrogens (primary N) is 1. The minimum Gasteiger partial charge on any atom is -0.444 e. The molecule has 132 valence electrons. The summed E-state index contributed by atoms with van der Waals surface area (Å²) in [6, 6.07) is 1.70. The molecule has 1 fully saturated rings. The van der Waals surface area contributed by atoms with Crippen molar-refractivity contribution >= 4 is 11.3 Å². The maximum atomic E-state index is 15.4. The summed E-state index contributed by atoms with van der Waals surface area (Å²) in [5.74, 6) is 0.0627. The lowest BCUT2D eigenvalue weighted by Gasteiger charge is -2.24.